The Labute approximate surface area is 192 Å². The second kappa shape index (κ2) is 9.72. The number of aryl methyl sites for hydroxylation is 1. The van der Waals surface area contributed by atoms with Crippen molar-refractivity contribution < 1.29 is 9.18 Å². The molecule has 3 heterocycles. The van der Waals surface area contributed by atoms with Gasteiger partial charge in [0.25, 0.3) is 0 Å². The second-order valence-corrected chi connectivity index (χ2v) is 9.71. The van der Waals surface area contributed by atoms with E-state index >= 15 is 0 Å². The van der Waals surface area contributed by atoms with Gasteiger partial charge in [0, 0.05) is 30.2 Å². The lowest BCUT2D eigenvalue weighted by Crippen LogP contribution is -2.29. The van der Waals surface area contributed by atoms with Gasteiger partial charge in [-0.2, -0.15) is 5.10 Å². The van der Waals surface area contributed by atoms with E-state index in [-0.39, 0.29) is 18.1 Å². The zero-order valence-corrected chi connectivity index (χ0v) is 19.2. The van der Waals surface area contributed by atoms with Crippen molar-refractivity contribution in [2.75, 3.05) is 13.6 Å². The molecule has 0 aliphatic heterocycles. The number of aromatic amines is 1. The number of thiazole rings is 1. The largest absolute Gasteiger partial charge is 0.345 e. The van der Waals surface area contributed by atoms with Gasteiger partial charge in [-0.25, -0.2) is 9.37 Å². The van der Waals surface area contributed by atoms with Gasteiger partial charge in [0.15, 0.2) is 0 Å². The van der Waals surface area contributed by atoms with Crippen LogP contribution in [0.2, 0.25) is 4.34 Å². The van der Waals surface area contributed by atoms with Gasteiger partial charge in [0.1, 0.15) is 10.8 Å². The molecule has 4 aromatic rings. The Hall–Kier alpha value is -2.55. The van der Waals surface area contributed by atoms with Crippen LogP contribution in [0.4, 0.5) is 4.39 Å². The fraction of sp³-hybridized carbons (Fsp3) is 0.227. The summed E-state index contributed by atoms with van der Waals surface area (Å²) in [6, 6.07) is 12.1. The van der Waals surface area contributed by atoms with Crippen LogP contribution in [0, 0.1) is 5.82 Å². The van der Waals surface area contributed by atoms with Crippen molar-refractivity contribution in [2.24, 2.45) is 0 Å². The number of hydrogen-bond acceptors (Lipinski definition) is 5. The van der Waals surface area contributed by atoms with Crippen LogP contribution in [0.25, 0.3) is 21.1 Å². The van der Waals surface area contributed by atoms with Gasteiger partial charge in [-0.3, -0.25) is 9.89 Å². The molecule has 1 aromatic carbocycles. The Kier molecular flexibility index (Phi) is 6.80. The predicted octanol–water partition coefficient (Wildman–Crippen LogP) is 5.69. The molecule has 0 aliphatic carbocycles. The van der Waals surface area contributed by atoms with Crippen molar-refractivity contribution in [3.05, 3.63) is 69.4 Å². The van der Waals surface area contributed by atoms with Crippen molar-refractivity contribution in [2.45, 2.75) is 19.3 Å². The summed E-state index contributed by atoms with van der Waals surface area (Å²) in [6.45, 7) is 0.630. The van der Waals surface area contributed by atoms with Crippen molar-refractivity contribution >= 4 is 40.2 Å². The lowest BCUT2D eigenvalue weighted by Gasteiger charge is -2.16. The maximum atomic E-state index is 13.4. The van der Waals surface area contributed by atoms with Crippen molar-refractivity contribution in [3.8, 4) is 21.1 Å². The molecule has 1 N–H and O–H groups in total. The molecule has 3 aromatic heterocycles. The Morgan fingerprint density at radius 2 is 2.13 bits per heavy atom. The van der Waals surface area contributed by atoms with Crippen LogP contribution in [-0.2, 0) is 17.6 Å². The molecule has 5 nitrogen and oxygen atoms in total. The quantitative estimate of drug-likeness (QED) is 0.357. The van der Waals surface area contributed by atoms with E-state index in [1.54, 1.807) is 18.0 Å². The van der Waals surface area contributed by atoms with Gasteiger partial charge in [-0.1, -0.05) is 23.7 Å². The summed E-state index contributed by atoms with van der Waals surface area (Å²) in [4.78, 5) is 19.8. The van der Waals surface area contributed by atoms with Crippen LogP contribution in [0.5, 0.6) is 0 Å². The average Bonchev–Trinajstić information content (AvgIpc) is 3.49. The first-order valence-corrected chi connectivity index (χ1v) is 11.8. The first-order valence-electron chi connectivity index (χ1n) is 9.72. The number of nitrogens with zero attached hydrogens (tertiary/aromatic N) is 3. The molecule has 160 valence electrons. The minimum absolute atomic E-state index is 0.0334. The highest BCUT2D eigenvalue weighted by atomic mass is 35.5. The van der Waals surface area contributed by atoms with Gasteiger partial charge in [-0.05, 0) is 43.2 Å². The summed E-state index contributed by atoms with van der Waals surface area (Å²) in [5.41, 5.74) is 3.18. The summed E-state index contributed by atoms with van der Waals surface area (Å²) >= 11 is 8.99. The zero-order chi connectivity index (χ0) is 21.8. The Balaban J connectivity index is 1.26. The summed E-state index contributed by atoms with van der Waals surface area (Å²) in [6.07, 6.45) is 1.82. The molecule has 31 heavy (non-hydrogen) atoms. The first kappa shape index (κ1) is 21.7. The second-order valence-electron chi connectivity index (χ2n) is 7.13. The summed E-state index contributed by atoms with van der Waals surface area (Å²) in [5, 5.41) is 10.1. The lowest BCUT2D eigenvalue weighted by atomic mass is 10.1. The molecule has 0 aliphatic rings. The number of likely N-dealkylation sites (N-methyl/N-ethyl adjacent to an activating group) is 1. The molecule has 0 saturated carbocycles. The number of H-pyrrole nitrogens is 1. The number of rotatable bonds is 8. The van der Waals surface area contributed by atoms with E-state index in [9.17, 15) is 9.18 Å². The summed E-state index contributed by atoms with van der Waals surface area (Å²) in [5.74, 6) is -0.250. The van der Waals surface area contributed by atoms with E-state index in [0.717, 1.165) is 44.0 Å². The Morgan fingerprint density at radius 1 is 1.26 bits per heavy atom. The van der Waals surface area contributed by atoms with Crippen LogP contribution >= 0.6 is 34.3 Å². The molecule has 0 atom stereocenters. The fourth-order valence-electron chi connectivity index (χ4n) is 3.14. The van der Waals surface area contributed by atoms with E-state index < -0.39 is 0 Å². The zero-order valence-electron chi connectivity index (χ0n) is 16.8. The predicted molar refractivity (Wildman–Crippen MR) is 124 cm³/mol. The smallest absolute Gasteiger partial charge is 0.228 e. The van der Waals surface area contributed by atoms with Crippen molar-refractivity contribution in [1.29, 1.82) is 0 Å². The van der Waals surface area contributed by atoms with Gasteiger partial charge in [-0.15, -0.1) is 22.7 Å². The van der Waals surface area contributed by atoms with Crippen LogP contribution in [0.15, 0.2) is 47.8 Å². The molecule has 0 unspecified atom stereocenters. The van der Waals surface area contributed by atoms with E-state index in [1.165, 1.54) is 34.8 Å². The SMILES string of the molecule is CN(CCCc1cc(-c2cccc(F)c2)n[nH]1)C(=O)Cc1csc(-c2ccc(Cl)s2)n1. The standard InChI is InChI=1S/C22H20ClFN4OS2/c1-28(21(29)12-17-13-30-22(25-17)19-7-8-20(23)31-19)9-3-6-16-11-18(27-26-16)14-4-2-5-15(24)10-14/h2,4-5,7-8,10-11,13H,3,6,9,12H2,1H3,(H,26,27). The number of hydrogen-bond donors (Lipinski definition) is 1. The summed E-state index contributed by atoms with van der Waals surface area (Å²) in [7, 11) is 1.81. The molecule has 0 spiro atoms. The number of thiophene rings is 1. The highest BCUT2D eigenvalue weighted by Gasteiger charge is 2.14. The molecule has 0 bridgehead atoms. The van der Waals surface area contributed by atoms with Gasteiger partial charge in [0.2, 0.25) is 5.91 Å². The molecule has 0 fully saturated rings. The number of carbonyl (C=O) groups is 1. The highest BCUT2D eigenvalue weighted by molar-refractivity contribution is 7.23. The van der Waals surface area contributed by atoms with E-state index in [0.29, 0.717) is 12.2 Å². The minimum atomic E-state index is -0.284. The van der Waals surface area contributed by atoms with E-state index in [2.05, 4.69) is 15.2 Å². The number of benzene rings is 1. The lowest BCUT2D eigenvalue weighted by molar-refractivity contribution is -0.129. The van der Waals surface area contributed by atoms with Crippen LogP contribution in [-0.4, -0.2) is 39.6 Å². The molecule has 4 rings (SSSR count). The van der Waals surface area contributed by atoms with Crippen LogP contribution < -0.4 is 0 Å². The Morgan fingerprint density at radius 3 is 2.90 bits per heavy atom. The number of carbonyl (C=O) groups excluding carboxylic acids is 1. The topological polar surface area (TPSA) is 61.9 Å². The molecule has 0 saturated heterocycles. The molecule has 0 radical (unpaired) electrons. The van der Waals surface area contributed by atoms with E-state index in [4.69, 9.17) is 11.6 Å². The molecular formula is C22H20ClFN4OS2. The third-order valence-corrected chi connectivity index (χ3v) is 7.08. The van der Waals surface area contributed by atoms with E-state index in [1.807, 2.05) is 29.6 Å². The molecule has 9 heteroatoms. The minimum Gasteiger partial charge on any atom is -0.345 e. The average molecular weight is 475 g/mol. The van der Waals surface area contributed by atoms with Gasteiger partial charge >= 0.3 is 0 Å². The molecule has 1 amide bonds. The summed E-state index contributed by atoms with van der Waals surface area (Å²) < 4.78 is 14.1. The third kappa shape index (κ3) is 5.58. The number of nitrogens with one attached hydrogen (secondary N) is 1. The number of halogens is 2. The van der Waals surface area contributed by atoms with Gasteiger partial charge in [0.05, 0.1) is 27.0 Å². The monoisotopic (exact) mass is 474 g/mol. The van der Waals surface area contributed by atoms with Crippen molar-refractivity contribution in [1.82, 2.24) is 20.1 Å². The molecular weight excluding hydrogens is 455 g/mol. The van der Waals surface area contributed by atoms with Crippen LogP contribution in [0.3, 0.4) is 0 Å². The maximum Gasteiger partial charge on any atom is 0.228 e. The Bertz CT molecular complexity index is 1190. The van der Waals surface area contributed by atoms with Crippen LogP contribution in [0.1, 0.15) is 17.8 Å². The fourth-order valence-corrected chi connectivity index (χ4v) is 5.07. The first-order chi connectivity index (χ1) is 15.0. The highest BCUT2D eigenvalue weighted by Crippen LogP contribution is 2.33. The number of aromatic nitrogens is 3. The van der Waals surface area contributed by atoms with Crippen molar-refractivity contribution in [3.63, 3.8) is 0 Å². The normalized spacial score (nSPS) is 11.1. The number of amides is 1. The third-order valence-electron chi connectivity index (χ3n) is 4.78. The van der Waals surface area contributed by atoms with Gasteiger partial charge < -0.3 is 4.90 Å². The maximum absolute atomic E-state index is 13.4.